The van der Waals surface area contributed by atoms with Gasteiger partial charge in [0.1, 0.15) is 5.69 Å². The zero-order chi connectivity index (χ0) is 19.1. The number of carbonyl (C=O) groups excluding carboxylic acids is 1. The van der Waals surface area contributed by atoms with Gasteiger partial charge in [-0.05, 0) is 55.2 Å². The molecule has 1 amide bonds. The number of methoxy groups -OCH3 is 1. The minimum Gasteiger partial charge on any atom is -0.383 e. The van der Waals surface area contributed by atoms with Crippen molar-refractivity contribution in [1.82, 2.24) is 10.3 Å². The molecule has 1 aromatic heterocycles. The fourth-order valence-corrected chi connectivity index (χ4v) is 3.15. The van der Waals surface area contributed by atoms with Gasteiger partial charge in [0, 0.05) is 38.1 Å². The van der Waals surface area contributed by atoms with Crippen molar-refractivity contribution in [2.75, 3.05) is 43.6 Å². The molecule has 0 atom stereocenters. The lowest BCUT2D eigenvalue weighted by atomic mass is 9.99. The van der Waals surface area contributed by atoms with E-state index < -0.39 is 0 Å². The van der Waals surface area contributed by atoms with Crippen LogP contribution in [-0.4, -0.2) is 44.2 Å². The Balaban J connectivity index is 1.55. The highest BCUT2D eigenvalue weighted by Gasteiger charge is 2.15. The van der Waals surface area contributed by atoms with Gasteiger partial charge < -0.3 is 20.3 Å². The first-order valence-electron chi connectivity index (χ1n) is 9.51. The molecule has 0 radical (unpaired) electrons. The zero-order valence-corrected chi connectivity index (χ0v) is 16.1. The second-order valence-electron chi connectivity index (χ2n) is 7.02. The summed E-state index contributed by atoms with van der Waals surface area (Å²) >= 11 is 0. The Bertz CT molecular complexity index is 723. The first kappa shape index (κ1) is 19.2. The topological polar surface area (TPSA) is 66.5 Å². The van der Waals surface area contributed by atoms with E-state index in [1.54, 1.807) is 19.4 Å². The summed E-state index contributed by atoms with van der Waals surface area (Å²) in [6.07, 6.45) is 4.19. The number of nitrogens with zero attached hydrogens (tertiary/aromatic N) is 2. The number of carbonyl (C=O) groups is 1. The van der Waals surface area contributed by atoms with Gasteiger partial charge >= 0.3 is 0 Å². The maximum Gasteiger partial charge on any atom is 0.269 e. The predicted molar refractivity (Wildman–Crippen MR) is 109 cm³/mol. The van der Waals surface area contributed by atoms with Gasteiger partial charge in [-0.2, -0.15) is 0 Å². The van der Waals surface area contributed by atoms with Gasteiger partial charge in [-0.1, -0.05) is 6.92 Å². The Morgan fingerprint density at radius 2 is 1.85 bits per heavy atom. The Hall–Kier alpha value is -2.60. The van der Waals surface area contributed by atoms with Crippen molar-refractivity contribution in [2.24, 2.45) is 5.92 Å². The molecule has 2 aromatic rings. The van der Waals surface area contributed by atoms with Crippen LogP contribution < -0.4 is 15.5 Å². The molecule has 1 fully saturated rings. The molecule has 27 heavy (non-hydrogen) atoms. The van der Waals surface area contributed by atoms with Gasteiger partial charge in [0.25, 0.3) is 5.91 Å². The number of rotatable bonds is 7. The largest absolute Gasteiger partial charge is 0.383 e. The van der Waals surface area contributed by atoms with E-state index in [0.717, 1.165) is 30.4 Å². The second-order valence-corrected chi connectivity index (χ2v) is 7.02. The van der Waals surface area contributed by atoms with Gasteiger partial charge in [-0.3, -0.25) is 4.79 Å². The van der Waals surface area contributed by atoms with E-state index in [4.69, 9.17) is 4.74 Å². The van der Waals surface area contributed by atoms with Crippen molar-refractivity contribution in [3.05, 3.63) is 48.3 Å². The van der Waals surface area contributed by atoms with Crippen LogP contribution in [0.4, 0.5) is 17.1 Å². The second kappa shape index (κ2) is 9.37. The number of pyridine rings is 1. The Morgan fingerprint density at radius 1 is 1.15 bits per heavy atom. The van der Waals surface area contributed by atoms with Crippen LogP contribution in [0, 0.1) is 5.92 Å². The van der Waals surface area contributed by atoms with Crippen LogP contribution in [0.5, 0.6) is 0 Å². The van der Waals surface area contributed by atoms with E-state index in [1.165, 1.54) is 18.5 Å². The summed E-state index contributed by atoms with van der Waals surface area (Å²) in [7, 11) is 1.60. The molecule has 3 rings (SSSR count). The van der Waals surface area contributed by atoms with Crippen LogP contribution in [-0.2, 0) is 4.74 Å². The van der Waals surface area contributed by atoms with Crippen molar-refractivity contribution < 1.29 is 9.53 Å². The Morgan fingerprint density at radius 3 is 2.48 bits per heavy atom. The molecular formula is C21H28N4O2. The molecule has 1 saturated heterocycles. The number of anilines is 3. The molecule has 1 aromatic carbocycles. The lowest BCUT2D eigenvalue weighted by Crippen LogP contribution is -2.32. The number of hydrogen-bond donors (Lipinski definition) is 2. The third-order valence-electron chi connectivity index (χ3n) is 4.89. The first-order valence-corrected chi connectivity index (χ1v) is 9.51. The quantitative estimate of drug-likeness (QED) is 0.733. The summed E-state index contributed by atoms with van der Waals surface area (Å²) in [5.41, 5.74) is 3.52. The van der Waals surface area contributed by atoms with Crippen molar-refractivity contribution in [2.45, 2.75) is 19.8 Å². The maximum absolute atomic E-state index is 11.9. The Labute approximate surface area is 160 Å². The maximum atomic E-state index is 11.9. The van der Waals surface area contributed by atoms with E-state index in [1.807, 2.05) is 6.07 Å². The van der Waals surface area contributed by atoms with Gasteiger partial charge in [0.05, 0.1) is 18.5 Å². The number of hydrogen-bond acceptors (Lipinski definition) is 5. The average molecular weight is 368 g/mol. The highest BCUT2D eigenvalue weighted by Crippen LogP contribution is 2.25. The van der Waals surface area contributed by atoms with Crippen LogP contribution >= 0.6 is 0 Å². The van der Waals surface area contributed by atoms with E-state index >= 15 is 0 Å². The molecule has 2 heterocycles. The third kappa shape index (κ3) is 5.44. The molecule has 0 bridgehead atoms. The minimum absolute atomic E-state index is 0.196. The molecule has 6 heteroatoms. The van der Waals surface area contributed by atoms with Crippen LogP contribution in [0.3, 0.4) is 0 Å². The van der Waals surface area contributed by atoms with Crippen molar-refractivity contribution in [3.63, 3.8) is 0 Å². The lowest BCUT2D eigenvalue weighted by Gasteiger charge is -2.32. The Kier molecular flexibility index (Phi) is 6.65. The van der Waals surface area contributed by atoms with Gasteiger partial charge in [-0.15, -0.1) is 0 Å². The molecule has 1 aliphatic rings. The summed E-state index contributed by atoms with van der Waals surface area (Å²) < 4.78 is 4.92. The van der Waals surface area contributed by atoms with Crippen LogP contribution in [0.25, 0.3) is 0 Å². The molecular weight excluding hydrogens is 340 g/mol. The SMILES string of the molecule is COCCNC(=O)c1ccc(Nc2ccc(N3CCC(C)CC3)cc2)cn1. The normalized spacial score (nSPS) is 14.8. The molecule has 144 valence electrons. The summed E-state index contributed by atoms with van der Waals surface area (Å²) in [4.78, 5) is 18.6. The summed E-state index contributed by atoms with van der Waals surface area (Å²) in [5.74, 6) is 0.638. The monoisotopic (exact) mass is 368 g/mol. The van der Waals surface area contributed by atoms with Crippen molar-refractivity contribution >= 4 is 23.0 Å². The number of benzene rings is 1. The lowest BCUT2D eigenvalue weighted by molar-refractivity contribution is 0.0932. The molecule has 0 aliphatic carbocycles. The molecule has 0 unspecified atom stereocenters. The molecule has 2 N–H and O–H groups in total. The molecule has 1 aliphatic heterocycles. The number of aromatic nitrogens is 1. The van der Waals surface area contributed by atoms with Crippen molar-refractivity contribution in [3.8, 4) is 0 Å². The number of piperidine rings is 1. The van der Waals surface area contributed by atoms with E-state index in [-0.39, 0.29) is 5.91 Å². The van der Waals surface area contributed by atoms with Gasteiger partial charge in [0.15, 0.2) is 0 Å². The highest BCUT2D eigenvalue weighted by atomic mass is 16.5. The van der Waals surface area contributed by atoms with E-state index in [2.05, 4.69) is 51.7 Å². The fraction of sp³-hybridized carbons (Fsp3) is 0.429. The molecule has 0 spiro atoms. The van der Waals surface area contributed by atoms with Gasteiger partial charge in [-0.25, -0.2) is 4.98 Å². The first-order chi connectivity index (χ1) is 13.2. The summed E-state index contributed by atoms with van der Waals surface area (Å²) in [5, 5.41) is 6.08. The number of amides is 1. The van der Waals surface area contributed by atoms with E-state index in [9.17, 15) is 4.79 Å². The van der Waals surface area contributed by atoms with Crippen LogP contribution in [0.1, 0.15) is 30.3 Å². The highest BCUT2D eigenvalue weighted by molar-refractivity contribution is 5.92. The average Bonchev–Trinajstić information content (AvgIpc) is 2.70. The van der Waals surface area contributed by atoms with Crippen LogP contribution in [0.2, 0.25) is 0 Å². The third-order valence-corrected chi connectivity index (χ3v) is 4.89. The fourth-order valence-electron chi connectivity index (χ4n) is 3.15. The smallest absolute Gasteiger partial charge is 0.269 e. The summed E-state index contributed by atoms with van der Waals surface area (Å²) in [6, 6.07) is 12.1. The number of nitrogens with one attached hydrogen (secondary N) is 2. The van der Waals surface area contributed by atoms with E-state index in [0.29, 0.717) is 18.8 Å². The molecule has 0 saturated carbocycles. The van der Waals surface area contributed by atoms with Gasteiger partial charge in [0.2, 0.25) is 0 Å². The summed E-state index contributed by atoms with van der Waals surface area (Å²) in [6.45, 7) is 5.54. The predicted octanol–water partition coefficient (Wildman–Crippen LogP) is 3.44. The number of ether oxygens (including phenoxy) is 1. The minimum atomic E-state index is -0.196. The van der Waals surface area contributed by atoms with Crippen LogP contribution in [0.15, 0.2) is 42.6 Å². The molecule has 6 nitrogen and oxygen atoms in total. The zero-order valence-electron chi connectivity index (χ0n) is 16.1. The van der Waals surface area contributed by atoms with Crippen molar-refractivity contribution in [1.29, 1.82) is 0 Å². The standard InChI is InChI=1S/C21H28N4O2/c1-16-9-12-25(13-10-16)19-6-3-17(4-7-19)24-18-5-8-20(23-15-18)21(26)22-11-14-27-2/h3-8,15-16,24H,9-14H2,1-2H3,(H,22,26).